The lowest BCUT2D eigenvalue weighted by Gasteiger charge is -2.12. The number of aryl methyl sites for hydroxylation is 3. The Hall–Kier alpha value is -2.65. The van der Waals surface area contributed by atoms with Gasteiger partial charge in [-0.25, -0.2) is 8.42 Å². The van der Waals surface area contributed by atoms with Crippen molar-refractivity contribution in [1.82, 2.24) is 10.2 Å². The summed E-state index contributed by atoms with van der Waals surface area (Å²) in [6, 6.07) is 9.30. The van der Waals surface area contributed by atoms with Crippen LogP contribution in [0.2, 0.25) is 0 Å². The van der Waals surface area contributed by atoms with Crippen molar-refractivity contribution in [3.63, 3.8) is 0 Å². The molecule has 0 aliphatic heterocycles. The molecule has 3 aromatic rings. The van der Waals surface area contributed by atoms with Gasteiger partial charge in [0.15, 0.2) is 11.5 Å². The van der Waals surface area contributed by atoms with Crippen LogP contribution >= 0.6 is 11.3 Å². The van der Waals surface area contributed by atoms with Crippen LogP contribution < -0.4 is 14.2 Å². The van der Waals surface area contributed by atoms with Gasteiger partial charge in [-0.15, -0.1) is 10.2 Å². The Balaban J connectivity index is 1.80. The highest BCUT2D eigenvalue weighted by Gasteiger charge is 2.22. The number of sulfonamides is 1. The summed E-state index contributed by atoms with van der Waals surface area (Å²) in [5.41, 5.74) is 3.38. The molecule has 0 unspecified atom stereocenters. The number of hydrogen-bond donors (Lipinski definition) is 1. The lowest BCUT2D eigenvalue weighted by molar-refractivity contribution is 0.354. The van der Waals surface area contributed by atoms with Gasteiger partial charge in [0.25, 0.3) is 10.0 Å². The van der Waals surface area contributed by atoms with E-state index in [-0.39, 0.29) is 10.0 Å². The van der Waals surface area contributed by atoms with Crippen LogP contribution in [-0.4, -0.2) is 32.8 Å². The van der Waals surface area contributed by atoms with Gasteiger partial charge in [0.2, 0.25) is 5.13 Å². The molecule has 0 radical (unpaired) electrons. The number of anilines is 1. The summed E-state index contributed by atoms with van der Waals surface area (Å²) >= 11 is 1.20. The third-order valence-electron chi connectivity index (χ3n) is 4.37. The molecule has 7 nitrogen and oxygen atoms in total. The number of nitrogens with one attached hydrogen (secondary N) is 1. The number of rotatable bonds is 7. The normalized spacial score (nSPS) is 11.3. The largest absolute Gasteiger partial charge is 0.493 e. The van der Waals surface area contributed by atoms with Crippen LogP contribution in [0.25, 0.3) is 0 Å². The van der Waals surface area contributed by atoms with Crippen LogP contribution in [0.4, 0.5) is 5.13 Å². The molecular formula is C20H23N3O4S2. The van der Waals surface area contributed by atoms with Gasteiger partial charge in [0, 0.05) is 6.42 Å². The number of methoxy groups -OCH3 is 2. The van der Waals surface area contributed by atoms with E-state index in [2.05, 4.69) is 14.9 Å². The third kappa shape index (κ3) is 4.68. The first-order chi connectivity index (χ1) is 13.7. The number of ether oxygens (including phenoxy) is 2. The number of benzene rings is 2. The van der Waals surface area contributed by atoms with Gasteiger partial charge >= 0.3 is 0 Å². The van der Waals surface area contributed by atoms with Gasteiger partial charge in [-0.05, 0) is 49.6 Å². The summed E-state index contributed by atoms with van der Waals surface area (Å²) in [6.07, 6.45) is 0.502. The number of hydrogen-bond acceptors (Lipinski definition) is 7. The average Bonchev–Trinajstić information content (AvgIpc) is 3.06. The van der Waals surface area contributed by atoms with E-state index >= 15 is 0 Å². The number of nitrogens with zero attached hydrogens (tertiary/aromatic N) is 2. The highest BCUT2D eigenvalue weighted by atomic mass is 32.2. The summed E-state index contributed by atoms with van der Waals surface area (Å²) in [5.74, 6) is 1.27. The minimum atomic E-state index is -3.75. The smallest absolute Gasteiger partial charge is 0.264 e. The van der Waals surface area contributed by atoms with E-state index in [1.165, 1.54) is 11.3 Å². The van der Waals surface area contributed by atoms with Crippen molar-refractivity contribution >= 4 is 26.5 Å². The molecule has 154 valence electrons. The SMILES string of the molecule is COc1ccc(Cc2nnc(NS(=O)(=O)c3c(C)cc(C)cc3C)s2)cc1OC. The Kier molecular flexibility index (Phi) is 6.09. The fraction of sp³-hybridized carbons (Fsp3) is 0.300. The van der Waals surface area contributed by atoms with Gasteiger partial charge in [-0.1, -0.05) is 35.1 Å². The zero-order valence-electron chi connectivity index (χ0n) is 16.9. The zero-order valence-corrected chi connectivity index (χ0v) is 18.6. The third-order valence-corrected chi connectivity index (χ3v) is 6.98. The molecule has 1 heterocycles. The van der Waals surface area contributed by atoms with E-state index in [9.17, 15) is 8.42 Å². The second kappa shape index (κ2) is 8.38. The molecule has 0 fully saturated rings. The quantitative estimate of drug-likeness (QED) is 0.608. The average molecular weight is 434 g/mol. The molecule has 1 N–H and O–H groups in total. The molecule has 0 aliphatic carbocycles. The molecule has 0 amide bonds. The molecule has 0 spiro atoms. The summed E-state index contributed by atoms with van der Waals surface area (Å²) in [7, 11) is -0.590. The fourth-order valence-electron chi connectivity index (χ4n) is 3.29. The maximum atomic E-state index is 12.9. The van der Waals surface area contributed by atoms with Crippen LogP contribution in [0.15, 0.2) is 35.2 Å². The van der Waals surface area contributed by atoms with E-state index in [4.69, 9.17) is 9.47 Å². The summed E-state index contributed by atoms with van der Waals surface area (Å²) in [4.78, 5) is 0.278. The monoisotopic (exact) mass is 433 g/mol. The maximum Gasteiger partial charge on any atom is 0.264 e. The molecule has 9 heteroatoms. The van der Waals surface area contributed by atoms with Crippen LogP contribution in [0.3, 0.4) is 0 Å². The van der Waals surface area contributed by atoms with E-state index < -0.39 is 10.0 Å². The minimum absolute atomic E-state index is 0.236. The molecule has 1 aromatic heterocycles. The molecule has 0 bridgehead atoms. The van der Waals surface area contributed by atoms with Gasteiger partial charge in [0.05, 0.1) is 19.1 Å². The van der Waals surface area contributed by atoms with Crippen molar-refractivity contribution in [3.8, 4) is 11.5 Å². The van der Waals surface area contributed by atoms with Crippen molar-refractivity contribution in [2.24, 2.45) is 0 Å². The second-order valence-electron chi connectivity index (χ2n) is 6.70. The first kappa shape index (κ1) is 21.1. The summed E-state index contributed by atoms with van der Waals surface area (Å²) in [6.45, 7) is 5.52. The van der Waals surface area contributed by atoms with Gasteiger partial charge < -0.3 is 9.47 Å². The van der Waals surface area contributed by atoms with Crippen molar-refractivity contribution < 1.29 is 17.9 Å². The van der Waals surface area contributed by atoms with E-state index in [1.54, 1.807) is 28.1 Å². The molecule has 0 atom stereocenters. The lowest BCUT2D eigenvalue weighted by Crippen LogP contribution is -2.15. The van der Waals surface area contributed by atoms with E-state index in [1.807, 2.05) is 37.3 Å². The van der Waals surface area contributed by atoms with E-state index in [0.29, 0.717) is 34.1 Å². The first-order valence-corrected chi connectivity index (χ1v) is 11.2. The molecule has 0 saturated carbocycles. The molecule has 2 aromatic carbocycles. The van der Waals surface area contributed by atoms with Gasteiger partial charge in [-0.2, -0.15) is 0 Å². The maximum absolute atomic E-state index is 12.9. The van der Waals surface area contributed by atoms with E-state index in [0.717, 1.165) is 11.1 Å². The Morgan fingerprint density at radius 2 is 1.62 bits per heavy atom. The summed E-state index contributed by atoms with van der Waals surface area (Å²) < 4.78 is 38.9. The van der Waals surface area contributed by atoms with Crippen LogP contribution in [-0.2, 0) is 16.4 Å². The van der Waals surface area contributed by atoms with Crippen molar-refractivity contribution in [2.75, 3.05) is 18.9 Å². The molecule has 29 heavy (non-hydrogen) atoms. The van der Waals surface area contributed by atoms with Crippen molar-refractivity contribution in [3.05, 3.63) is 57.6 Å². The lowest BCUT2D eigenvalue weighted by atomic mass is 10.1. The van der Waals surface area contributed by atoms with Crippen LogP contribution in [0.1, 0.15) is 27.3 Å². The fourth-order valence-corrected chi connectivity index (χ4v) is 5.75. The minimum Gasteiger partial charge on any atom is -0.493 e. The van der Waals surface area contributed by atoms with Crippen molar-refractivity contribution in [1.29, 1.82) is 0 Å². The first-order valence-electron chi connectivity index (χ1n) is 8.87. The predicted octanol–water partition coefficient (Wildman–Crippen LogP) is 3.87. The van der Waals surface area contributed by atoms with Crippen LogP contribution in [0, 0.1) is 20.8 Å². The van der Waals surface area contributed by atoms with Crippen molar-refractivity contribution in [2.45, 2.75) is 32.1 Å². The zero-order chi connectivity index (χ0) is 21.2. The second-order valence-corrected chi connectivity index (χ2v) is 9.38. The predicted molar refractivity (Wildman–Crippen MR) is 114 cm³/mol. The summed E-state index contributed by atoms with van der Waals surface area (Å²) in [5, 5.41) is 9.04. The van der Waals surface area contributed by atoms with Gasteiger partial charge in [-0.3, -0.25) is 4.72 Å². The van der Waals surface area contributed by atoms with Crippen LogP contribution in [0.5, 0.6) is 11.5 Å². The topological polar surface area (TPSA) is 90.4 Å². The standard InChI is InChI=1S/C20H23N3O4S2/c1-12-8-13(2)19(14(3)9-12)29(24,25)23-20-22-21-18(28-20)11-15-6-7-16(26-4)17(10-15)27-5/h6-10H,11H2,1-5H3,(H,22,23). The Morgan fingerprint density at radius 3 is 2.24 bits per heavy atom. The number of aromatic nitrogens is 2. The Morgan fingerprint density at radius 1 is 0.966 bits per heavy atom. The highest BCUT2D eigenvalue weighted by molar-refractivity contribution is 7.93. The molecule has 0 aliphatic rings. The highest BCUT2D eigenvalue weighted by Crippen LogP contribution is 2.30. The molecule has 0 saturated heterocycles. The molecule has 3 rings (SSSR count). The Bertz CT molecular complexity index is 1120. The molecular weight excluding hydrogens is 410 g/mol. The van der Waals surface area contributed by atoms with Gasteiger partial charge in [0.1, 0.15) is 5.01 Å². The Labute approximate surface area is 174 Å².